The minimum Gasteiger partial charge on any atom is -0.493 e. The number of rotatable bonds is 6. The molecule has 26 heavy (non-hydrogen) atoms. The van der Waals surface area contributed by atoms with Gasteiger partial charge in [0, 0.05) is 37.1 Å². The molecule has 0 bridgehead atoms. The Morgan fingerprint density at radius 1 is 0.923 bits per heavy atom. The minimum atomic E-state index is 0.543. The summed E-state index contributed by atoms with van der Waals surface area (Å²) in [6.07, 6.45) is 6.78. The highest BCUT2D eigenvalue weighted by Gasteiger charge is 2.15. The van der Waals surface area contributed by atoms with Gasteiger partial charge < -0.3 is 24.4 Å². The summed E-state index contributed by atoms with van der Waals surface area (Å²) in [5, 5.41) is 3.24. The Balaban J connectivity index is 1.83. The number of aromatic nitrogens is 2. The van der Waals surface area contributed by atoms with Gasteiger partial charge in [-0.3, -0.25) is 0 Å². The number of nitrogens with zero attached hydrogens (tertiary/aromatic N) is 3. The lowest BCUT2D eigenvalue weighted by molar-refractivity contribution is 0.324. The smallest absolute Gasteiger partial charge is 0.229 e. The minimum absolute atomic E-state index is 0.543. The number of ether oxygens (including phenoxy) is 3. The zero-order valence-corrected chi connectivity index (χ0v) is 15.6. The van der Waals surface area contributed by atoms with Gasteiger partial charge in [-0.25, -0.2) is 4.98 Å². The second-order valence-electron chi connectivity index (χ2n) is 6.18. The van der Waals surface area contributed by atoms with Crippen LogP contribution >= 0.6 is 0 Å². The van der Waals surface area contributed by atoms with Gasteiger partial charge in [0.2, 0.25) is 11.7 Å². The molecule has 2 heterocycles. The van der Waals surface area contributed by atoms with E-state index in [4.69, 9.17) is 14.2 Å². The Morgan fingerprint density at radius 3 is 2.15 bits per heavy atom. The van der Waals surface area contributed by atoms with E-state index in [1.807, 2.05) is 18.2 Å². The number of benzene rings is 1. The number of methoxy groups -OCH3 is 3. The van der Waals surface area contributed by atoms with Crippen molar-refractivity contribution in [2.24, 2.45) is 0 Å². The van der Waals surface area contributed by atoms with Crippen molar-refractivity contribution in [3.05, 3.63) is 24.4 Å². The molecule has 0 spiro atoms. The SMILES string of the molecule is COc1cc(Nc2nccc(N3CCCCCC3)n2)cc(OC)c1OC. The number of hydrogen-bond acceptors (Lipinski definition) is 7. The number of hydrogen-bond donors (Lipinski definition) is 1. The standard InChI is InChI=1S/C19H26N4O3/c1-24-15-12-14(13-16(25-2)18(15)26-3)21-19-20-9-8-17(22-19)23-10-6-4-5-7-11-23/h8-9,12-13H,4-7,10-11H2,1-3H3,(H,20,21,22). The van der Waals surface area contributed by atoms with Crippen LogP contribution in [0.3, 0.4) is 0 Å². The van der Waals surface area contributed by atoms with E-state index >= 15 is 0 Å². The molecule has 1 aromatic carbocycles. The first-order valence-corrected chi connectivity index (χ1v) is 8.90. The van der Waals surface area contributed by atoms with Gasteiger partial charge in [0.15, 0.2) is 11.5 Å². The van der Waals surface area contributed by atoms with Crippen molar-refractivity contribution in [1.82, 2.24) is 9.97 Å². The van der Waals surface area contributed by atoms with E-state index in [-0.39, 0.29) is 0 Å². The molecule has 1 fully saturated rings. The van der Waals surface area contributed by atoms with Crippen molar-refractivity contribution in [2.75, 3.05) is 44.6 Å². The zero-order chi connectivity index (χ0) is 18.4. The van der Waals surface area contributed by atoms with E-state index in [1.54, 1.807) is 27.5 Å². The van der Waals surface area contributed by atoms with E-state index < -0.39 is 0 Å². The van der Waals surface area contributed by atoms with Crippen LogP contribution in [0.2, 0.25) is 0 Å². The van der Waals surface area contributed by atoms with Crippen molar-refractivity contribution in [2.45, 2.75) is 25.7 Å². The van der Waals surface area contributed by atoms with Gasteiger partial charge in [-0.1, -0.05) is 12.8 Å². The van der Waals surface area contributed by atoms with Crippen LogP contribution in [0.25, 0.3) is 0 Å². The van der Waals surface area contributed by atoms with Crippen LogP contribution in [0.4, 0.5) is 17.5 Å². The normalized spacial score (nSPS) is 14.5. The monoisotopic (exact) mass is 358 g/mol. The molecule has 7 heteroatoms. The van der Waals surface area contributed by atoms with Crippen LogP contribution in [0.5, 0.6) is 17.2 Å². The topological polar surface area (TPSA) is 68.7 Å². The molecule has 1 aromatic heterocycles. The maximum atomic E-state index is 5.40. The molecule has 1 aliphatic heterocycles. The summed E-state index contributed by atoms with van der Waals surface area (Å²) in [7, 11) is 4.77. The lowest BCUT2D eigenvalue weighted by atomic mass is 10.2. The molecule has 140 valence electrons. The molecule has 1 saturated heterocycles. The fourth-order valence-electron chi connectivity index (χ4n) is 3.17. The maximum absolute atomic E-state index is 5.40. The third-order valence-corrected chi connectivity index (χ3v) is 4.49. The molecular formula is C19H26N4O3. The molecule has 0 radical (unpaired) electrons. The molecule has 0 unspecified atom stereocenters. The largest absolute Gasteiger partial charge is 0.493 e. The first-order chi connectivity index (χ1) is 12.7. The molecule has 0 aliphatic carbocycles. The van der Waals surface area contributed by atoms with Gasteiger partial charge in [0.25, 0.3) is 0 Å². The molecule has 2 aromatic rings. The summed E-state index contributed by atoms with van der Waals surface area (Å²) in [5.41, 5.74) is 0.771. The Morgan fingerprint density at radius 2 is 1.58 bits per heavy atom. The van der Waals surface area contributed by atoms with E-state index in [1.165, 1.54) is 25.7 Å². The van der Waals surface area contributed by atoms with Crippen molar-refractivity contribution < 1.29 is 14.2 Å². The van der Waals surface area contributed by atoms with Crippen LogP contribution in [-0.4, -0.2) is 44.4 Å². The van der Waals surface area contributed by atoms with Crippen LogP contribution in [0, 0.1) is 0 Å². The summed E-state index contributed by atoms with van der Waals surface area (Å²) in [5.74, 6) is 3.22. The van der Waals surface area contributed by atoms with Crippen LogP contribution in [0.1, 0.15) is 25.7 Å². The Kier molecular flexibility index (Phi) is 5.99. The zero-order valence-electron chi connectivity index (χ0n) is 15.6. The quantitative estimate of drug-likeness (QED) is 0.845. The summed E-state index contributed by atoms with van der Waals surface area (Å²) < 4.78 is 16.1. The molecule has 0 atom stereocenters. The molecule has 0 saturated carbocycles. The van der Waals surface area contributed by atoms with E-state index in [0.29, 0.717) is 23.2 Å². The second kappa shape index (κ2) is 8.60. The van der Waals surface area contributed by atoms with Crippen LogP contribution in [0.15, 0.2) is 24.4 Å². The van der Waals surface area contributed by atoms with Crippen molar-refractivity contribution >= 4 is 17.5 Å². The molecule has 1 N–H and O–H groups in total. The third-order valence-electron chi connectivity index (χ3n) is 4.49. The third kappa shape index (κ3) is 4.09. The van der Waals surface area contributed by atoms with E-state index in [0.717, 1.165) is 24.6 Å². The number of anilines is 3. The summed E-state index contributed by atoms with van der Waals surface area (Å²) in [6, 6.07) is 5.64. The Hall–Kier alpha value is -2.70. The van der Waals surface area contributed by atoms with Crippen molar-refractivity contribution in [1.29, 1.82) is 0 Å². The lowest BCUT2D eigenvalue weighted by Crippen LogP contribution is -2.25. The van der Waals surface area contributed by atoms with Gasteiger partial charge in [-0.15, -0.1) is 0 Å². The van der Waals surface area contributed by atoms with Gasteiger partial charge in [0.1, 0.15) is 5.82 Å². The van der Waals surface area contributed by atoms with E-state index in [2.05, 4.69) is 20.2 Å². The van der Waals surface area contributed by atoms with Gasteiger partial charge in [-0.2, -0.15) is 4.98 Å². The average Bonchev–Trinajstić information content (AvgIpc) is 2.97. The highest BCUT2D eigenvalue weighted by atomic mass is 16.5. The second-order valence-corrected chi connectivity index (χ2v) is 6.18. The van der Waals surface area contributed by atoms with Gasteiger partial charge >= 0.3 is 0 Å². The first kappa shape index (κ1) is 18.1. The highest BCUT2D eigenvalue weighted by molar-refractivity contribution is 5.66. The predicted molar refractivity (Wildman–Crippen MR) is 102 cm³/mol. The lowest BCUT2D eigenvalue weighted by Gasteiger charge is -2.21. The van der Waals surface area contributed by atoms with Crippen LogP contribution < -0.4 is 24.4 Å². The fraction of sp³-hybridized carbons (Fsp3) is 0.474. The first-order valence-electron chi connectivity index (χ1n) is 8.90. The average molecular weight is 358 g/mol. The summed E-state index contributed by atoms with van der Waals surface area (Å²) in [4.78, 5) is 11.4. The van der Waals surface area contributed by atoms with Gasteiger partial charge in [-0.05, 0) is 18.9 Å². The fourth-order valence-corrected chi connectivity index (χ4v) is 3.17. The van der Waals surface area contributed by atoms with E-state index in [9.17, 15) is 0 Å². The molecule has 1 aliphatic rings. The molecule has 0 amide bonds. The predicted octanol–water partition coefficient (Wildman–Crippen LogP) is 3.63. The van der Waals surface area contributed by atoms with Crippen LogP contribution in [-0.2, 0) is 0 Å². The highest BCUT2D eigenvalue weighted by Crippen LogP contribution is 2.40. The van der Waals surface area contributed by atoms with Gasteiger partial charge in [0.05, 0.1) is 21.3 Å². The Labute approximate surface area is 154 Å². The van der Waals surface area contributed by atoms with Crippen molar-refractivity contribution in [3.63, 3.8) is 0 Å². The number of nitrogens with one attached hydrogen (secondary N) is 1. The Bertz CT molecular complexity index is 705. The molecule has 3 rings (SSSR count). The molecule has 7 nitrogen and oxygen atoms in total. The maximum Gasteiger partial charge on any atom is 0.229 e. The molecular weight excluding hydrogens is 332 g/mol. The summed E-state index contributed by atoms with van der Waals surface area (Å²) in [6.45, 7) is 2.08. The van der Waals surface area contributed by atoms with Crippen molar-refractivity contribution in [3.8, 4) is 17.2 Å². The summed E-state index contributed by atoms with van der Waals surface area (Å²) >= 11 is 0.